The summed E-state index contributed by atoms with van der Waals surface area (Å²) in [4.78, 5) is 21.7. The fraction of sp³-hybridized carbons (Fsp3) is 0.750. The third-order valence-corrected chi connectivity index (χ3v) is 1.54. The lowest BCUT2D eigenvalue weighted by atomic mass is 9.97. The molecule has 0 spiro atoms. The highest BCUT2D eigenvalue weighted by Crippen LogP contribution is 2.12. The number of methoxy groups -OCH3 is 1. The maximum atomic E-state index is 11.0. The molecule has 4 nitrogen and oxygen atoms in total. The second kappa shape index (κ2) is 4.74. The number of rotatable bonds is 4. The van der Waals surface area contributed by atoms with E-state index in [0.717, 1.165) is 0 Å². The largest absolute Gasteiger partial charge is 0.468 e. The summed E-state index contributed by atoms with van der Waals surface area (Å²) in [5.41, 5.74) is 5.02. The predicted molar refractivity (Wildman–Crippen MR) is 44.2 cm³/mol. The molecule has 0 aromatic heterocycles. The van der Waals surface area contributed by atoms with Crippen LogP contribution in [0.2, 0.25) is 0 Å². The van der Waals surface area contributed by atoms with Gasteiger partial charge in [0.05, 0.1) is 7.11 Å². The zero-order valence-electron chi connectivity index (χ0n) is 7.66. The minimum atomic E-state index is -0.796. The Hall–Kier alpha value is -1.06. The normalized spacial score (nSPS) is 12.7. The predicted octanol–water partition coefficient (Wildman–Crippen LogP) is 0.307. The lowest BCUT2D eigenvalue weighted by Gasteiger charge is -2.12. The highest BCUT2D eigenvalue weighted by atomic mass is 16.5. The van der Waals surface area contributed by atoms with Gasteiger partial charge in [-0.3, -0.25) is 9.59 Å². The average Bonchev–Trinajstić information content (AvgIpc) is 1.98. The molecular formula is C8H15NO3. The van der Waals surface area contributed by atoms with Gasteiger partial charge in [0, 0.05) is 0 Å². The van der Waals surface area contributed by atoms with Gasteiger partial charge in [-0.05, 0) is 12.3 Å². The maximum absolute atomic E-state index is 11.0. The molecule has 2 N–H and O–H groups in total. The zero-order chi connectivity index (χ0) is 9.72. The number of primary amides is 1. The lowest BCUT2D eigenvalue weighted by molar-refractivity contribution is -0.149. The summed E-state index contributed by atoms with van der Waals surface area (Å²) >= 11 is 0. The number of ether oxygens (including phenoxy) is 1. The quantitative estimate of drug-likeness (QED) is 0.491. The van der Waals surface area contributed by atoms with Gasteiger partial charge in [0.25, 0.3) is 0 Å². The topological polar surface area (TPSA) is 69.4 Å². The van der Waals surface area contributed by atoms with E-state index < -0.39 is 17.8 Å². The van der Waals surface area contributed by atoms with Crippen molar-refractivity contribution in [3.05, 3.63) is 0 Å². The van der Waals surface area contributed by atoms with E-state index in [2.05, 4.69) is 4.74 Å². The second-order valence-electron chi connectivity index (χ2n) is 3.11. The number of hydrogen-bond donors (Lipinski definition) is 1. The van der Waals surface area contributed by atoms with Crippen LogP contribution in [0.25, 0.3) is 0 Å². The van der Waals surface area contributed by atoms with E-state index in [1.165, 1.54) is 7.11 Å². The molecule has 0 bridgehead atoms. The Balaban J connectivity index is 4.23. The standard InChI is InChI=1S/C8H15NO3/c1-5(2)4-6(7(9)10)8(11)12-3/h5-6H,4H2,1-3H3,(H2,9,10)/t6-/m0/s1. The summed E-state index contributed by atoms with van der Waals surface area (Å²) in [6.07, 6.45) is 0.446. The van der Waals surface area contributed by atoms with E-state index in [0.29, 0.717) is 6.42 Å². The van der Waals surface area contributed by atoms with Crippen LogP contribution in [0.4, 0.5) is 0 Å². The number of nitrogens with two attached hydrogens (primary N) is 1. The van der Waals surface area contributed by atoms with Gasteiger partial charge in [0.1, 0.15) is 5.92 Å². The van der Waals surface area contributed by atoms with E-state index in [1.54, 1.807) is 0 Å². The molecule has 1 atom stereocenters. The molecule has 0 saturated heterocycles. The summed E-state index contributed by atoms with van der Waals surface area (Å²) < 4.78 is 4.43. The summed E-state index contributed by atoms with van der Waals surface area (Å²) in [6.45, 7) is 3.83. The van der Waals surface area contributed by atoms with Crippen LogP contribution in [0.3, 0.4) is 0 Å². The van der Waals surface area contributed by atoms with Gasteiger partial charge in [-0.25, -0.2) is 0 Å². The smallest absolute Gasteiger partial charge is 0.318 e. The number of carbonyl (C=O) groups excluding carboxylic acids is 2. The van der Waals surface area contributed by atoms with Crippen molar-refractivity contribution in [3.63, 3.8) is 0 Å². The molecule has 0 aliphatic carbocycles. The molecule has 0 unspecified atom stereocenters. The van der Waals surface area contributed by atoms with Crippen molar-refractivity contribution in [3.8, 4) is 0 Å². The van der Waals surface area contributed by atoms with Crippen LogP contribution in [0.1, 0.15) is 20.3 Å². The van der Waals surface area contributed by atoms with Gasteiger partial charge in [-0.15, -0.1) is 0 Å². The number of carbonyl (C=O) groups is 2. The van der Waals surface area contributed by atoms with Crippen LogP contribution in [0.15, 0.2) is 0 Å². The van der Waals surface area contributed by atoms with E-state index in [-0.39, 0.29) is 5.92 Å². The Kier molecular flexibility index (Phi) is 4.33. The van der Waals surface area contributed by atoms with Crippen molar-refractivity contribution in [2.75, 3.05) is 7.11 Å². The minimum Gasteiger partial charge on any atom is -0.468 e. The molecule has 12 heavy (non-hydrogen) atoms. The zero-order valence-corrected chi connectivity index (χ0v) is 7.66. The fourth-order valence-electron chi connectivity index (χ4n) is 0.942. The molecular weight excluding hydrogens is 158 g/mol. The van der Waals surface area contributed by atoms with E-state index >= 15 is 0 Å². The summed E-state index contributed by atoms with van der Waals surface area (Å²) in [5.74, 6) is -1.71. The highest BCUT2D eigenvalue weighted by Gasteiger charge is 2.25. The Morgan fingerprint density at radius 1 is 1.42 bits per heavy atom. The summed E-state index contributed by atoms with van der Waals surface area (Å²) in [5, 5.41) is 0. The van der Waals surface area contributed by atoms with E-state index in [9.17, 15) is 9.59 Å². The van der Waals surface area contributed by atoms with Gasteiger partial charge < -0.3 is 10.5 Å². The minimum absolute atomic E-state index is 0.251. The number of esters is 1. The maximum Gasteiger partial charge on any atom is 0.318 e. The molecule has 70 valence electrons. The van der Waals surface area contributed by atoms with Crippen LogP contribution in [0, 0.1) is 11.8 Å². The molecule has 0 aliphatic heterocycles. The van der Waals surface area contributed by atoms with Gasteiger partial charge in [0.15, 0.2) is 0 Å². The van der Waals surface area contributed by atoms with Gasteiger partial charge >= 0.3 is 5.97 Å². The van der Waals surface area contributed by atoms with Gasteiger partial charge in [0.2, 0.25) is 5.91 Å². The first-order valence-corrected chi connectivity index (χ1v) is 3.86. The monoisotopic (exact) mass is 173 g/mol. The first-order chi connectivity index (χ1) is 5.49. The molecule has 4 heteroatoms. The number of amides is 1. The van der Waals surface area contributed by atoms with Gasteiger partial charge in [-0.2, -0.15) is 0 Å². The van der Waals surface area contributed by atoms with Crippen LogP contribution in [-0.2, 0) is 14.3 Å². The van der Waals surface area contributed by atoms with Gasteiger partial charge in [-0.1, -0.05) is 13.8 Å². The molecule has 0 radical (unpaired) electrons. The van der Waals surface area contributed by atoms with Crippen LogP contribution < -0.4 is 5.73 Å². The van der Waals surface area contributed by atoms with Crippen molar-refractivity contribution in [1.29, 1.82) is 0 Å². The summed E-state index contributed by atoms with van der Waals surface area (Å²) in [7, 11) is 1.25. The van der Waals surface area contributed by atoms with Crippen LogP contribution in [0.5, 0.6) is 0 Å². The fourth-order valence-corrected chi connectivity index (χ4v) is 0.942. The van der Waals surface area contributed by atoms with Crippen LogP contribution >= 0.6 is 0 Å². The highest BCUT2D eigenvalue weighted by molar-refractivity contribution is 5.96. The SMILES string of the molecule is COC(=O)[C@@H](CC(C)C)C(N)=O. The average molecular weight is 173 g/mol. The van der Waals surface area contributed by atoms with Crippen molar-refractivity contribution >= 4 is 11.9 Å². The van der Waals surface area contributed by atoms with Crippen molar-refractivity contribution in [2.24, 2.45) is 17.6 Å². The molecule has 0 aromatic carbocycles. The van der Waals surface area contributed by atoms with E-state index in [1.807, 2.05) is 13.8 Å². The summed E-state index contributed by atoms with van der Waals surface area (Å²) in [6, 6.07) is 0. The van der Waals surface area contributed by atoms with Crippen LogP contribution in [-0.4, -0.2) is 19.0 Å². The van der Waals surface area contributed by atoms with Crippen molar-refractivity contribution in [1.82, 2.24) is 0 Å². The Labute approximate surface area is 72.1 Å². The molecule has 0 saturated carbocycles. The molecule has 0 rings (SSSR count). The van der Waals surface area contributed by atoms with Crippen molar-refractivity contribution in [2.45, 2.75) is 20.3 Å². The van der Waals surface area contributed by atoms with Crippen molar-refractivity contribution < 1.29 is 14.3 Å². The Morgan fingerprint density at radius 3 is 2.17 bits per heavy atom. The Morgan fingerprint density at radius 2 is 1.92 bits per heavy atom. The van der Waals surface area contributed by atoms with E-state index in [4.69, 9.17) is 5.73 Å². The first-order valence-electron chi connectivity index (χ1n) is 3.86. The second-order valence-corrected chi connectivity index (χ2v) is 3.11. The molecule has 0 aromatic rings. The number of hydrogen-bond acceptors (Lipinski definition) is 3. The molecule has 0 fully saturated rings. The third-order valence-electron chi connectivity index (χ3n) is 1.54. The molecule has 1 amide bonds. The first kappa shape index (κ1) is 10.9. The lowest BCUT2D eigenvalue weighted by Crippen LogP contribution is -2.32. The molecule has 0 heterocycles. The molecule has 0 aliphatic rings. The third kappa shape index (κ3) is 3.37. The Bertz CT molecular complexity index is 177.